The number of carbonyl (C=O) groups is 1. The Labute approximate surface area is 122 Å². The average molecular weight is 309 g/mol. The lowest BCUT2D eigenvalue weighted by atomic mass is 10.2. The van der Waals surface area contributed by atoms with Crippen molar-refractivity contribution >= 4 is 16.0 Å². The molecule has 1 heterocycles. The maximum absolute atomic E-state index is 11.8. The van der Waals surface area contributed by atoms with Crippen molar-refractivity contribution in [2.75, 3.05) is 6.61 Å². The second kappa shape index (κ2) is 5.66. The molecular weight excluding hydrogens is 294 g/mol. The molecule has 21 heavy (non-hydrogen) atoms. The van der Waals surface area contributed by atoms with E-state index in [1.807, 2.05) is 6.07 Å². The molecule has 0 bridgehead atoms. The van der Waals surface area contributed by atoms with Crippen molar-refractivity contribution in [3.63, 3.8) is 0 Å². The molecular formula is C13H15N3O4S. The van der Waals surface area contributed by atoms with E-state index < -0.39 is 16.0 Å². The molecule has 112 valence electrons. The van der Waals surface area contributed by atoms with Gasteiger partial charge in [0.25, 0.3) is 10.0 Å². The van der Waals surface area contributed by atoms with E-state index in [4.69, 9.17) is 9.88 Å². The largest absolute Gasteiger partial charge is 0.462 e. The van der Waals surface area contributed by atoms with E-state index in [0.29, 0.717) is 5.69 Å². The molecule has 1 aromatic carbocycles. The minimum atomic E-state index is -4.15. The summed E-state index contributed by atoms with van der Waals surface area (Å²) in [4.78, 5) is 11.8. The van der Waals surface area contributed by atoms with E-state index in [1.165, 1.54) is 0 Å². The van der Waals surface area contributed by atoms with Crippen LogP contribution < -0.4 is 5.14 Å². The van der Waals surface area contributed by atoms with Gasteiger partial charge in [-0.05, 0) is 25.5 Å². The first-order valence-electron chi connectivity index (χ1n) is 6.20. The van der Waals surface area contributed by atoms with Crippen LogP contribution >= 0.6 is 0 Å². The van der Waals surface area contributed by atoms with Crippen LogP contribution in [0.3, 0.4) is 0 Å². The van der Waals surface area contributed by atoms with Crippen molar-refractivity contribution in [2.24, 2.45) is 5.14 Å². The van der Waals surface area contributed by atoms with Crippen molar-refractivity contribution in [3.05, 3.63) is 41.6 Å². The lowest BCUT2D eigenvalue weighted by Crippen LogP contribution is -2.21. The van der Waals surface area contributed by atoms with Gasteiger partial charge in [-0.25, -0.2) is 23.0 Å². The number of para-hydroxylation sites is 1. The van der Waals surface area contributed by atoms with Gasteiger partial charge >= 0.3 is 5.97 Å². The maximum atomic E-state index is 11.8. The van der Waals surface area contributed by atoms with Crippen molar-refractivity contribution in [2.45, 2.75) is 18.9 Å². The maximum Gasteiger partial charge on any atom is 0.342 e. The predicted octanol–water partition coefficient (Wildman–Crippen LogP) is 1.00. The highest BCUT2D eigenvalue weighted by molar-refractivity contribution is 7.89. The molecule has 0 saturated heterocycles. The van der Waals surface area contributed by atoms with Gasteiger partial charge in [-0.15, -0.1) is 0 Å². The summed E-state index contributed by atoms with van der Waals surface area (Å²) in [6, 6.07) is 7.03. The fourth-order valence-electron chi connectivity index (χ4n) is 1.93. The van der Waals surface area contributed by atoms with Gasteiger partial charge in [-0.2, -0.15) is 5.10 Å². The van der Waals surface area contributed by atoms with Gasteiger partial charge in [0.1, 0.15) is 5.56 Å². The van der Waals surface area contributed by atoms with E-state index in [1.54, 1.807) is 32.0 Å². The Kier molecular flexibility index (Phi) is 4.10. The second-order valence-electron chi connectivity index (χ2n) is 4.33. The van der Waals surface area contributed by atoms with Gasteiger partial charge in [0.2, 0.25) is 0 Å². The first kappa shape index (κ1) is 15.2. The molecule has 0 fully saturated rings. The van der Waals surface area contributed by atoms with Crippen LogP contribution in [0.4, 0.5) is 0 Å². The third-order valence-electron chi connectivity index (χ3n) is 2.83. The van der Waals surface area contributed by atoms with E-state index in [0.717, 1.165) is 16.4 Å². The highest BCUT2D eigenvalue weighted by Gasteiger charge is 2.27. The minimum Gasteiger partial charge on any atom is -0.462 e. The average Bonchev–Trinajstić information content (AvgIpc) is 2.84. The molecule has 2 N–H and O–H groups in total. The molecule has 0 aliphatic carbocycles. The normalized spacial score (nSPS) is 11.4. The van der Waals surface area contributed by atoms with Crippen LogP contribution in [0.25, 0.3) is 5.69 Å². The molecule has 0 amide bonds. The summed E-state index contributed by atoms with van der Waals surface area (Å²) >= 11 is 0. The number of carbonyl (C=O) groups excluding carboxylic acids is 1. The van der Waals surface area contributed by atoms with E-state index in [9.17, 15) is 13.2 Å². The van der Waals surface area contributed by atoms with Crippen molar-refractivity contribution in [1.82, 2.24) is 9.78 Å². The number of nitrogens with two attached hydrogens (primary N) is 1. The Balaban J connectivity index is 2.70. The molecule has 0 unspecified atom stereocenters. The monoisotopic (exact) mass is 309 g/mol. The van der Waals surface area contributed by atoms with Crippen LogP contribution in [-0.4, -0.2) is 30.8 Å². The van der Waals surface area contributed by atoms with Crippen molar-refractivity contribution in [1.29, 1.82) is 0 Å². The zero-order valence-electron chi connectivity index (χ0n) is 11.6. The summed E-state index contributed by atoms with van der Waals surface area (Å²) in [5.41, 5.74) is 1.14. The Morgan fingerprint density at radius 2 is 2.05 bits per heavy atom. The number of aryl methyl sites for hydroxylation is 1. The van der Waals surface area contributed by atoms with Crippen LogP contribution in [0.5, 0.6) is 0 Å². The zero-order chi connectivity index (χ0) is 15.6. The Hall–Kier alpha value is -2.19. The predicted molar refractivity (Wildman–Crippen MR) is 75.6 cm³/mol. The fraction of sp³-hybridized carbons (Fsp3) is 0.231. The van der Waals surface area contributed by atoms with Gasteiger partial charge in [-0.3, -0.25) is 0 Å². The highest BCUT2D eigenvalue weighted by Crippen LogP contribution is 2.21. The number of hydrogen-bond acceptors (Lipinski definition) is 5. The Morgan fingerprint density at radius 1 is 1.38 bits per heavy atom. The van der Waals surface area contributed by atoms with Crippen LogP contribution in [0.15, 0.2) is 35.5 Å². The molecule has 0 aliphatic rings. The molecule has 1 aromatic heterocycles. The number of aromatic nitrogens is 2. The van der Waals surface area contributed by atoms with Crippen molar-refractivity contribution < 1.29 is 17.9 Å². The smallest absolute Gasteiger partial charge is 0.342 e. The first-order chi connectivity index (χ1) is 9.86. The summed E-state index contributed by atoms with van der Waals surface area (Å²) in [6.45, 7) is 3.55. The molecule has 0 radical (unpaired) electrons. The van der Waals surface area contributed by atoms with E-state index in [2.05, 4.69) is 5.10 Å². The summed E-state index contributed by atoms with van der Waals surface area (Å²) < 4.78 is 29.6. The minimum absolute atomic E-state index is 0.123. The van der Waals surface area contributed by atoms with Crippen LogP contribution in [0.2, 0.25) is 0 Å². The van der Waals surface area contributed by atoms with Gasteiger partial charge in [-0.1, -0.05) is 18.2 Å². The topological polar surface area (TPSA) is 104 Å². The Morgan fingerprint density at radius 3 is 2.62 bits per heavy atom. The quantitative estimate of drug-likeness (QED) is 0.849. The third-order valence-corrected chi connectivity index (χ3v) is 3.77. The number of primary sulfonamides is 1. The molecule has 7 nitrogen and oxygen atoms in total. The highest BCUT2D eigenvalue weighted by atomic mass is 32.2. The van der Waals surface area contributed by atoms with Crippen LogP contribution in [0.1, 0.15) is 22.8 Å². The van der Waals surface area contributed by atoms with Gasteiger partial charge in [0, 0.05) is 0 Å². The molecule has 8 heteroatoms. The van der Waals surface area contributed by atoms with Crippen molar-refractivity contribution in [3.8, 4) is 5.69 Å². The van der Waals surface area contributed by atoms with Gasteiger partial charge < -0.3 is 4.74 Å². The molecule has 2 aromatic rings. The number of rotatable bonds is 4. The fourth-order valence-corrected chi connectivity index (χ4v) is 2.76. The van der Waals surface area contributed by atoms with Crippen LogP contribution in [-0.2, 0) is 14.8 Å². The molecule has 0 saturated carbocycles. The standard InChI is InChI=1S/C13H15N3O4S/c1-3-20-13(17)10-8-15-16(12(10)21(14,18)19)11-7-5-4-6-9(11)2/h4-8H,3H2,1-2H3,(H2,14,18,19). The molecule has 0 spiro atoms. The number of hydrogen-bond donors (Lipinski definition) is 1. The number of sulfonamides is 1. The number of ether oxygens (including phenoxy) is 1. The molecule has 2 rings (SSSR count). The number of benzene rings is 1. The summed E-state index contributed by atoms with van der Waals surface area (Å²) in [5.74, 6) is -0.777. The molecule has 0 atom stereocenters. The lowest BCUT2D eigenvalue weighted by Gasteiger charge is -2.09. The van der Waals surface area contributed by atoms with Crippen LogP contribution in [0, 0.1) is 6.92 Å². The summed E-state index contributed by atoms with van der Waals surface area (Å²) in [7, 11) is -4.15. The van der Waals surface area contributed by atoms with Gasteiger partial charge in [0.05, 0.1) is 18.5 Å². The SMILES string of the molecule is CCOC(=O)c1cnn(-c2ccccc2C)c1S(N)(=O)=O. The number of esters is 1. The number of nitrogens with zero attached hydrogens (tertiary/aromatic N) is 2. The Bertz CT molecular complexity index is 780. The van der Waals surface area contributed by atoms with E-state index in [-0.39, 0.29) is 17.2 Å². The third kappa shape index (κ3) is 2.96. The van der Waals surface area contributed by atoms with E-state index >= 15 is 0 Å². The summed E-state index contributed by atoms with van der Waals surface area (Å²) in [5, 5.41) is 8.82. The molecule has 0 aliphatic heterocycles. The lowest BCUT2D eigenvalue weighted by molar-refractivity contribution is 0.0521. The van der Waals surface area contributed by atoms with Gasteiger partial charge in [0.15, 0.2) is 5.03 Å². The summed E-state index contributed by atoms with van der Waals surface area (Å²) in [6.07, 6.45) is 1.14. The first-order valence-corrected chi connectivity index (χ1v) is 7.74. The zero-order valence-corrected chi connectivity index (χ0v) is 12.4. The second-order valence-corrected chi connectivity index (χ2v) is 5.80.